The third kappa shape index (κ3) is 49.3. The molecule has 6 nitrogen and oxygen atoms in total. The maximum atomic E-state index is 12.8. The van der Waals surface area contributed by atoms with Crippen molar-refractivity contribution in [3.8, 4) is 0 Å². The third-order valence-electron chi connectivity index (χ3n) is 12.4. The standard InChI is InChI=1S/C55H106O6/c1-49(2)41-35-29-23-18-14-11-9-7-8-10-12-16-20-26-32-38-44-53(56)59-47-52(48-60-54(57)45-39-33-28-22-25-31-37-43-51(5)6)61-55(58)46-40-34-27-21-17-13-15-19-24-30-36-42-50(3)4/h49-52H,7-48H2,1-6H3/t52-/m0/s1. The second kappa shape index (κ2) is 46.4. The van der Waals surface area contributed by atoms with Gasteiger partial charge in [0.25, 0.3) is 0 Å². The Hall–Kier alpha value is -1.59. The second-order valence-electron chi connectivity index (χ2n) is 20.3. The Bertz CT molecular complexity index is 945. The molecule has 0 rings (SSSR count). The van der Waals surface area contributed by atoms with Crippen LogP contribution < -0.4 is 0 Å². The van der Waals surface area contributed by atoms with Crippen molar-refractivity contribution in [2.45, 2.75) is 304 Å². The lowest BCUT2D eigenvalue weighted by atomic mass is 10.0. The number of ether oxygens (including phenoxy) is 3. The molecular weight excluding hydrogens is 757 g/mol. The molecule has 0 fully saturated rings. The van der Waals surface area contributed by atoms with Crippen LogP contribution in [-0.4, -0.2) is 37.2 Å². The molecule has 362 valence electrons. The summed E-state index contributed by atoms with van der Waals surface area (Å²) in [6.45, 7) is 13.7. The molecule has 0 saturated carbocycles. The fraction of sp³-hybridized carbons (Fsp3) is 0.945. The van der Waals surface area contributed by atoms with Crippen LogP contribution in [0.5, 0.6) is 0 Å². The van der Waals surface area contributed by atoms with Gasteiger partial charge in [0, 0.05) is 19.3 Å². The molecule has 0 aromatic heterocycles. The van der Waals surface area contributed by atoms with Gasteiger partial charge in [0.1, 0.15) is 13.2 Å². The summed E-state index contributed by atoms with van der Waals surface area (Å²) >= 11 is 0. The van der Waals surface area contributed by atoms with Crippen LogP contribution in [0, 0.1) is 17.8 Å². The van der Waals surface area contributed by atoms with Crippen molar-refractivity contribution in [1.29, 1.82) is 0 Å². The summed E-state index contributed by atoms with van der Waals surface area (Å²) < 4.78 is 16.8. The van der Waals surface area contributed by atoms with Crippen molar-refractivity contribution >= 4 is 17.9 Å². The average molecular weight is 863 g/mol. The van der Waals surface area contributed by atoms with Crippen molar-refractivity contribution < 1.29 is 28.6 Å². The zero-order valence-electron chi connectivity index (χ0n) is 42.0. The van der Waals surface area contributed by atoms with E-state index in [9.17, 15) is 14.4 Å². The lowest BCUT2D eigenvalue weighted by Gasteiger charge is -2.18. The third-order valence-corrected chi connectivity index (χ3v) is 12.4. The van der Waals surface area contributed by atoms with Crippen LogP contribution in [0.1, 0.15) is 298 Å². The van der Waals surface area contributed by atoms with Crippen LogP contribution in [0.2, 0.25) is 0 Å². The molecule has 0 unspecified atom stereocenters. The summed E-state index contributed by atoms with van der Waals surface area (Å²) in [5.74, 6) is 1.61. The number of unbranched alkanes of at least 4 members (excludes halogenated alkanes) is 31. The lowest BCUT2D eigenvalue weighted by Crippen LogP contribution is -2.30. The molecule has 1 atom stereocenters. The fourth-order valence-electron chi connectivity index (χ4n) is 8.29. The second-order valence-corrected chi connectivity index (χ2v) is 20.3. The van der Waals surface area contributed by atoms with Gasteiger partial charge in [0.05, 0.1) is 0 Å². The first-order chi connectivity index (χ1) is 29.6. The predicted molar refractivity (Wildman–Crippen MR) is 261 cm³/mol. The van der Waals surface area contributed by atoms with E-state index in [1.165, 1.54) is 180 Å². The highest BCUT2D eigenvalue weighted by Gasteiger charge is 2.19. The van der Waals surface area contributed by atoms with Crippen LogP contribution in [0.25, 0.3) is 0 Å². The zero-order valence-corrected chi connectivity index (χ0v) is 42.0. The number of carbonyl (C=O) groups is 3. The quantitative estimate of drug-likeness (QED) is 0.0344. The number of rotatable bonds is 48. The van der Waals surface area contributed by atoms with Gasteiger partial charge in [-0.2, -0.15) is 0 Å². The smallest absolute Gasteiger partial charge is 0.306 e. The minimum Gasteiger partial charge on any atom is -0.462 e. The van der Waals surface area contributed by atoms with Crippen molar-refractivity contribution in [3.05, 3.63) is 0 Å². The van der Waals surface area contributed by atoms with E-state index in [-0.39, 0.29) is 31.1 Å². The highest BCUT2D eigenvalue weighted by molar-refractivity contribution is 5.71. The Kier molecular flexibility index (Phi) is 45.2. The van der Waals surface area contributed by atoms with E-state index < -0.39 is 6.10 Å². The van der Waals surface area contributed by atoms with E-state index in [1.807, 2.05) is 0 Å². The van der Waals surface area contributed by atoms with E-state index in [0.29, 0.717) is 19.3 Å². The lowest BCUT2D eigenvalue weighted by molar-refractivity contribution is -0.167. The zero-order chi connectivity index (χ0) is 44.9. The van der Waals surface area contributed by atoms with Gasteiger partial charge < -0.3 is 14.2 Å². The Morgan fingerprint density at radius 1 is 0.279 bits per heavy atom. The molecule has 0 aromatic carbocycles. The summed E-state index contributed by atoms with van der Waals surface area (Å²) in [6, 6.07) is 0. The summed E-state index contributed by atoms with van der Waals surface area (Å²) in [5.41, 5.74) is 0. The van der Waals surface area contributed by atoms with Crippen LogP contribution in [0.15, 0.2) is 0 Å². The Balaban J connectivity index is 4.25. The normalized spacial score (nSPS) is 12.1. The molecule has 0 aromatic rings. The topological polar surface area (TPSA) is 78.9 Å². The number of hydrogen-bond acceptors (Lipinski definition) is 6. The van der Waals surface area contributed by atoms with E-state index in [4.69, 9.17) is 14.2 Å². The van der Waals surface area contributed by atoms with E-state index in [2.05, 4.69) is 41.5 Å². The largest absolute Gasteiger partial charge is 0.462 e. The van der Waals surface area contributed by atoms with Crippen molar-refractivity contribution in [2.75, 3.05) is 13.2 Å². The van der Waals surface area contributed by atoms with E-state index >= 15 is 0 Å². The predicted octanol–water partition coefficient (Wildman–Crippen LogP) is 17.6. The monoisotopic (exact) mass is 863 g/mol. The number of carbonyl (C=O) groups excluding carboxylic acids is 3. The van der Waals surface area contributed by atoms with Gasteiger partial charge in [-0.05, 0) is 37.0 Å². The first-order valence-corrected chi connectivity index (χ1v) is 27.1. The summed E-state index contributed by atoms with van der Waals surface area (Å²) in [4.78, 5) is 38.0. The van der Waals surface area contributed by atoms with Gasteiger partial charge in [0.2, 0.25) is 0 Å². The summed E-state index contributed by atoms with van der Waals surface area (Å²) in [6.07, 6.45) is 46.7. The molecule has 0 bridgehead atoms. The number of esters is 3. The average Bonchev–Trinajstić information content (AvgIpc) is 3.22. The molecule has 0 aliphatic carbocycles. The van der Waals surface area contributed by atoms with Gasteiger partial charge in [-0.15, -0.1) is 0 Å². The highest BCUT2D eigenvalue weighted by atomic mass is 16.6. The van der Waals surface area contributed by atoms with E-state index in [1.54, 1.807) is 0 Å². The molecule has 0 saturated heterocycles. The maximum absolute atomic E-state index is 12.8. The van der Waals surface area contributed by atoms with Gasteiger partial charge >= 0.3 is 17.9 Å². The molecule has 0 spiro atoms. The molecule has 61 heavy (non-hydrogen) atoms. The van der Waals surface area contributed by atoms with Crippen LogP contribution in [-0.2, 0) is 28.6 Å². The fourth-order valence-corrected chi connectivity index (χ4v) is 8.29. The summed E-state index contributed by atoms with van der Waals surface area (Å²) in [7, 11) is 0. The van der Waals surface area contributed by atoms with Crippen molar-refractivity contribution in [3.63, 3.8) is 0 Å². The molecule has 0 radical (unpaired) electrons. The molecule has 0 amide bonds. The van der Waals surface area contributed by atoms with Gasteiger partial charge in [-0.3, -0.25) is 14.4 Å². The summed E-state index contributed by atoms with van der Waals surface area (Å²) in [5, 5.41) is 0. The Labute approximate surface area is 380 Å². The molecule has 0 N–H and O–H groups in total. The van der Waals surface area contributed by atoms with Gasteiger partial charge in [-0.1, -0.05) is 260 Å². The minimum absolute atomic E-state index is 0.0647. The van der Waals surface area contributed by atoms with Crippen LogP contribution in [0.4, 0.5) is 0 Å². The Morgan fingerprint density at radius 2 is 0.475 bits per heavy atom. The minimum atomic E-state index is -0.763. The molecular formula is C55H106O6. The van der Waals surface area contributed by atoms with Crippen LogP contribution >= 0.6 is 0 Å². The van der Waals surface area contributed by atoms with Crippen molar-refractivity contribution in [1.82, 2.24) is 0 Å². The highest BCUT2D eigenvalue weighted by Crippen LogP contribution is 2.18. The molecule has 0 aliphatic rings. The molecule has 0 heterocycles. The number of hydrogen-bond donors (Lipinski definition) is 0. The van der Waals surface area contributed by atoms with Crippen LogP contribution in [0.3, 0.4) is 0 Å². The first-order valence-electron chi connectivity index (χ1n) is 27.1. The maximum Gasteiger partial charge on any atom is 0.306 e. The van der Waals surface area contributed by atoms with Gasteiger partial charge in [-0.25, -0.2) is 0 Å². The first kappa shape index (κ1) is 59.4. The SMILES string of the molecule is CC(C)CCCCCCCCCCCCCCCCCCC(=O)OC[C@@H](COC(=O)CCCCCCCCCC(C)C)OC(=O)CCCCCCCCCCCCCC(C)C. The molecule has 6 heteroatoms. The Morgan fingerprint density at radius 3 is 0.705 bits per heavy atom. The van der Waals surface area contributed by atoms with E-state index in [0.717, 1.165) is 75.5 Å². The molecule has 0 aliphatic heterocycles. The van der Waals surface area contributed by atoms with Crippen molar-refractivity contribution in [2.24, 2.45) is 17.8 Å². The van der Waals surface area contributed by atoms with Gasteiger partial charge in [0.15, 0.2) is 6.10 Å².